The summed E-state index contributed by atoms with van der Waals surface area (Å²) in [4.78, 5) is 12.4. The lowest BCUT2D eigenvalue weighted by atomic mass is 10.2. The minimum Gasteiger partial charge on any atom is -0.244 e. The molecule has 0 saturated carbocycles. The second-order valence-corrected chi connectivity index (χ2v) is 2.88. The van der Waals surface area contributed by atoms with E-state index in [0.29, 0.717) is 0 Å². The molecule has 1 N–H and O–H groups in total. The standard InChI is InChI=1S/C11H13NO.C2H6.CH3Br/c1-3-9-12(2)11(13)10-7-5-4-6-8-10;2*1-2/h3-9H,1-2H3;1-2H3;1H3/p+1/b9-3-;;. The van der Waals surface area contributed by atoms with Gasteiger partial charge in [0.05, 0.1) is 18.8 Å². The van der Waals surface area contributed by atoms with Crippen LogP contribution in [0.2, 0.25) is 0 Å². The molecule has 1 aromatic rings. The smallest absolute Gasteiger partial charge is 0.244 e. The van der Waals surface area contributed by atoms with Gasteiger partial charge in [0.2, 0.25) is 0 Å². The van der Waals surface area contributed by atoms with Gasteiger partial charge in [-0.3, -0.25) is 0 Å². The third-order valence-electron chi connectivity index (χ3n) is 1.81. The Morgan fingerprint density at radius 2 is 1.65 bits per heavy atom. The molecule has 0 aliphatic carbocycles. The second-order valence-electron chi connectivity index (χ2n) is 2.88. The van der Waals surface area contributed by atoms with Gasteiger partial charge in [-0.15, -0.1) is 0 Å². The van der Waals surface area contributed by atoms with E-state index in [1.807, 2.05) is 76.3 Å². The Kier molecular flexibility index (Phi) is 14.2. The lowest BCUT2D eigenvalue weighted by Crippen LogP contribution is -3.07. The fraction of sp³-hybridized carbons (Fsp3) is 0.357. The van der Waals surface area contributed by atoms with Crippen molar-refractivity contribution in [2.24, 2.45) is 0 Å². The molecule has 3 heteroatoms. The molecular formula is C14H23BrNO+. The largest absolute Gasteiger partial charge is 0.348 e. The first-order chi connectivity index (χ1) is 8.25. The summed E-state index contributed by atoms with van der Waals surface area (Å²) in [5.41, 5.74) is 0.748. The highest BCUT2D eigenvalue weighted by molar-refractivity contribution is 9.08. The highest BCUT2D eigenvalue weighted by Gasteiger charge is 2.13. The van der Waals surface area contributed by atoms with Gasteiger partial charge in [0.1, 0.15) is 0 Å². The van der Waals surface area contributed by atoms with E-state index in [0.717, 1.165) is 10.5 Å². The van der Waals surface area contributed by atoms with Crippen LogP contribution in [-0.4, -0.2) is 18.8 Å². The van der Waals surface area contributed by atoms with Crippen LogP contribution in [-0.2, 0) is 0 Å². The summed E-state index contributed by atoms with van der Waals surface area (Å²) in [7, 11) is 1.83. The lowest BCUT2D eigenvalue weighted by Gasteiger charge is -2.04. The topological polar surface area (TPSA) is 21.5 Å². The van der Waals surface area contributed by atoms with E-state index in [4.69, 9.17) is 0 Å². The minimum absolute atomic E-state index is 0.0960. The number of hydrogen-bond donors (Lipinski definition) is 1. The number of nitrogens with one attached hydrogen (secondary N) is 1. The lowest BCUT2D eigenvalue weighted by molar-refractivity contribution is -0.731. The van der Waals surface area contributed by atoms with Crippen molar-refractivity contribution in [3.05, 3.63) is 48.2 Å². The normalized spacial score (nSPS) is 10.7. The van der Waals surface area contributed by atoms with E-state index in [2.05, 4.69) is 15.9 Å². The molecule has 1 aromatic carbocycles. The molecule has 0 spiro atoms. The second kappa shape index (κ2) is 13.1. The average Bonchev–Trinajstić information content (AvgIpc) is 2.43. The number of carbonyl (C=O) groups excluding carboxylic acids is 1. The Morgan fingerprint density at radius 3 is 2.06 bits per heavy atom. The summed E-state index contributed by atoms with van der Waals surface area (Å²) in [6.07, 6.45) is 3.70. The molecule has 0 radical (unpaired) electrons. The number of carbonyl (C=O) groups is 1. The van der Waals surface area contributed by atoms with Gasteiger partial charge in [-0.05, 0) is 31.0 Å². The van der Waals surface area contributed by atoms with Crippen LogP contribution in [0, 0.1) is 0 Å². The van der Waals surface area contributed by atoms with Crippen LogP contribution in [0.15, 0.2) is 42.6 Å². The maximum absolute atomic E-state index is 11.6. The van der Waals surface area contributed by atoms with Crippen molar-refractivity contribution in [2.75, 3.05) is 12.9 Å². The number of hydrogen-bond acceptors (Lipinski definition) is 1. The van der Waals surface area contributed by atoms with Crippen LogP contribution >= 0.6 is 15.9 Å². The Hall–Kier alpha value is -0.930. The maximum Gasteiger partial charge on any atom is 0.348 e. The van der Waals surface area contributed by atoms with Crippen molar-refractivity contribution in [1.82, 2.24) is 0 Å². The van der Waals surface area contributed by atoms with E-state index in [-0.39, 0.29) is 5.91 Å². The van der Waals surface area contributed by atoms with Gasteiger partial charge in [0.25, 0.3) is 0 Å². The first kappa shape index (κ1) is 18.4. The van der Waals surface area contributed by atoms with Gasteiger partial charge in [-0.25, -0.2) is 9.69 Å². The van der Waals surface area contributed by atoms with Gasteiger partial charge >= 0.3 is 5.91 Å². The summed E-state index contributed by atoms with van der Waals surface area (Å²) >= 11 is 2.94. The molecule has 2 nitrogen and oxygen atoms in total. The first-order valence-corrected chi connectivity index (χ1v) is 7.28. The molecule has 0 aliphatic heterocycles. The number of rotatable bonds is 2. The number of allylic oxidation sites excluding steroid dienone is 1. The fourth-order valence-corrected chi connectivity index (χ4v) is 1.14. The fourth-order valence-electron chi connectivity index (χ4n) is 1.14. The monoisotopic (exact) mass is 300 g/mol. The average molecular weight is 301 g/mol. The SMILES string of the molecule is C/C=C\[NH+](C)C(=O)c1ccccc1.CBr.CC. The summed E-state index contributed by atoms with van der Waals surface area (Å²) in [5, 5.41) is 0. The molecule has 1 amide bonds. The number of quaternary nitrogens is 1. The summed E-state index contributed by atoms with van der Waals surface area (Å²) in [6, 6.07) is 9.30. The third-order valence-corrected chi connectivity index (χ3v) is 1.81. The number of amides is 1. The van der Waals surface area contributed by atoms with Gasteiger partial charge in [0.15, 0.2) is 0 Å². The van der Waals surface area contributed by atoms with Crippen molar-refractivity contribution in [2.45, 2.75) is 20.8 Å². The Labute approximate surface area is 113 Å². The minimum atomic E-state index is 0.0960. The van der Waals surface area contributed by atoms with E-state index in [9.17, 15) is 4.79 Å². The van der Waals surface area contributed by atoms with E-state index < -0.39 is 0 Å². The summed E-state index contributed by atoms with van der Waals surface area (Å²) < 4.78 is 0. The highest BCUT2D eigenvalue weighted by atomic mass is 79.9. The number of benzene rings is 1. The van der Waals surface area contributed by atoms with E-state index >= 15 is 0 Å². The molecule has 0 bridgehead atoms. The zero-order chi connectivity index (χ0) is 13.7. The predicted molar refractivity (Wildman–Crippen MR) is 78.7 cm³/mol. The first-order valence-electron chi connectivity index (χ1n) is 5.69. The molecule has 1 atom stereocenters. The van der Waals surface area contributed by atoms with Gasteiger partial charge < -0.3 is 0 Å². The van der Waals surface area contributed by atoms with Gasteiger partial charge in [-0.2, -0.15) is 0 Å². The predicted octanol–water partition coefficient (Wildman–Crippen LogP) is 2.91. The van der Waals surface area contributed by atoms with Crippen LogP contribution in [0.25, 0.3) is 0 Å². The molecule has 17 heavy (non-hydrogen) atoms. The number of alkyl halides is 1. The summed E-state index contributed by atoms with van der Waals surface area (Å²) in [5.74, 6) is 1.91. The Bertz CT molecular complexity index is 309. The molecule has 0 heterocycles. The van der Waals surface area contributed by atoms with Crippen LogP contribution in [0.5, 0.6) is 0 Å². The highest BCUT2D eigenvalue weighted by Crippen LogP contribution is 1.95. The van der Waals surface area contributed by atoms with Crippen LogP contribution < -0.4 is 4.90 Å². The molecule has 96 valence electrons. The van der Waals surface area contributed by atoms with Crippen molar-refractivity contribution in [1.29, 1.82) is 0 Å². The van der Waals surface area contributed by atoms with Gasteiger partial charge in [-0.1, -0.05) is 48.0 Å². The quantitative estimate of drug-likeness (QED) is 0.833. The maximum atomic E-state index is 11.6. The number of halogens is 1. The van der Waals surface area contributed by atoms with E-state index in [1.54, 1.807) is 0 Å². The van der Waals surface area contributed by atoms with Crippen LogP contribution in [0.3, 0.4) is 0 Å². The summed E-state index contributed by atoms with van der Waals surface area (Å²) in [6.45, 7) is 5.90. The molecule has 1 rings (SSSR count). The van der Waals surface area contributed by atoms with Crippen molar-refractivity contribution >= 4 is 21.8 Å². The van der Waals surface area contributed by atoms with Gasteiger partial charge in [0, 0.05) is 0 Å². The van der Waals surface area contributed by atoms with Crippen LogP contribution in [0.1, 0.15) is 31.1 Å². The van der Waals surface area contributed by atoms with Crippen molar-refractivity contribution in [3.8, 4) is 0 Å². The van der Waals surface area contributed by atoms with Crippen molar-refractivity contribution < 1.29 is 9.69 Å². The van der Waals surface area contributed by atoms with Crippen LogP contribution in [0.4, 0.5) is 0 Å². The molecule has 0 fully saturated rings. The molecule has 0 saturated heterocycles. The molecule has 1 unspecified atom stereocenters. The Balaban J connectivity index is 0. The Morgan fingerprint density at radius 1 is 1.18 bits per heavy atom. The zero-order valence-electron chi connectivity index (χ0n) is 11.3. The molecule has 0 aromatic heterocycles. The molecular weight excluding hydrogens is 278 g/mol. The van der Waals surface area contributed by atoms with Crippen molar-refractivity contribution in [3.63, 3.8) is 0 Å². The zero-order valence-corrected chi connectivity index (χ0v) is 12.9. The molecule has 0 aliphatic rings. The third kappa shape index (κ3) is 7.88. The van der Waals surface area contributed by atoms with E-state index in [1.165, 1.54) is 0 Å².